The quantitative estimate of drug-likeness (QED) is 0.667. The highest BCUT2D eigenvalue weighted by molar-refractivity contribution is 5.90. The summed E-state index contributed by atoms with van der Waals surface area (Å²) in [5, 5.41) is 4.18. The summed E-state index contributed by atoms with van der Waals surface area (Å²) in [6.45, 7) is 1.84. The fourth-order valence-electron chi connectivity index (χ4n) is 1.55. The Kier molecular flexibility index (Phi) is 3.61. The van der Waals surface area contributed by atoms with Gasteiger partial charge in [0.15, 0.2) is 0 Å². The number of esters is 1. The van der Waals surface area contributed by atoms with Gasteiger partial charge in [0, 0.05) is 0 Å². The second-order valence-corrected chi connectivity index (χ2v) is 3.94. The minimum absolute atomic E-state index is 0.333. The van der Waals surface area contributed by atoms with E-state index in [1.807, 2.05) is 6.92 Å². The number of imidazole rings is 1. The highest BCUT2D eigenvalue weighted by atomic mass is 16.5. The first-order chi connectivity index (χ1) is 9.10. The SMILES string of the molecule is COC(=O)c1ccc(C=Nn2cc(C)nc2N)cc1. The molecular formula is C13H14N4O2. The number of nitrogen functional groups attached to an aromatic ring is 1. The van der Waals surface area contributed by atoms with E-state index in [1.54, 1.807) is 36.7 Å². The van der Waals surface area contributed by atoms with Crippen LogP contribution in [0.5, 0.6) is 0 Å². The molecule has 0 aliphatic carbocycles. The van der Waals surface area contributed by atoms with Crippen LogP contribution in [0.15, 0.2) is 35.6 Å². The molecule has 0 aliphatic rings. The number of hydrogen-bond acceptors (Lipinski definition) is 5. The number of nitrogens with zero attached hydrogens (tertiary/aromatic N) is 3. The molecule has 98 valence electrons. The summed E-state index contributed by atoms with van der Waals surface area (Å²) >= 11 is 0. The van der Waals surface area contributed by atoms with E-state index in [0.717, 1.165) is 11.3 Å². The Hall–Kier alpha value is -2.63. The van der Waals surface area contributed by atoms with E-state index in [9.17, 15) is 4.79 Å². The Balaban J connectivity index is 2.15. The highest BCUT2D eigenvalue weighted by Gasteiger charge is 2.03. The van der Waals surface area contributed by atoms with Crippen molar-refractivity contribution in [2.24, 2.45) is 5.10 Å². The second kappa shape index (κ2) is 5.34. The second-order valence-electron chi connectivity index (χ2n) is 3.94. The standard InChI is InChI=1S/C13H14N4O2/c1-9-8-17(13(14)16-9)15-7-10-3-5-11(6-4-10)12(18)19-2/h3-8H,1-2H3,(H2,14,16). The van der Waals surface area contributed by atoms with E-state index in [0.29, 0.717) is 11.5 Å². The van der Waals surface area contributed by atoms with Crippen molar-refractivity contribution < 1.29 is 9.53 Å². The molecule has 6 nitrogen and oxygen atoms in total. The number of aryl methyl sites for hydroxylation is 1. The number of ether oxygens (including phenoxy) is 1. The summed E-state index contributed by atoms with van der Waals surface area (Å²) < 4.78 is 6.11. The summed E-state index contributed by atoms with van der Waals surface area (Å²) in [4.78, 5) is 15.3. The number of benzene rings is 1. The normalized spacial score (nSPS) is 10.8. The molecule has 0 saturated heterocycles. The third kappa shape index (κ3) is 2.98. The average Bonchev–Trinajstić information content (AvgIpc) is 2.74. The van der Waals surface area contributed by atoms with Gasteiger partial charge < -0.3 is 10.5 Å². The van der Waals surface area contributed by atoms with E-state index in [-0.39, 0.29) is 5.97 Å². The predicted octanol–water partition coefficient (Wildman–Crippen LogP) is 1.44. The smallest absolute Gasteiger partial charge is 0.337 e. The Morgan fingerprint density at radius 1 is 1.42 bits per heavy atom. The first-order valence-electron chi connectivity index (χ1n) is 5.64. The number of carbonyl (C=O) groups excluding carboxylic acids is 1. The van der Waals surface area contributed by atoms with E-state index in [2.05, 4.69) is 14.8 Å². The van der Waals surface area contributed by atoms with Crippen molar-refractivity contribution >= 4 is 18.1 Å². The maximum absolute atomic E-state index is 11.3. The first kappa shape index (κ1) is 12.8. The van der Waals surface area contributed by atoms with Crippen LogP contribution in [0, 0.1) is 6.92 Å². The van der Waals surface area contributed by atoms with Crippen molar-refractivity contribution in [3.8, 4) is 0 Å². The maximum Gasteiger partial charge on any atom is 0.337 e. The molecule has 1 aromatic carbocycles. The van der Waals surface area contributed by atoms with Crippen LogP contribution in [-0.2, 0) is 4.74 Å². The van der Waals surface area contributed by atoms with Gasteiger partial charge in [0.1, 0.15) is 0 Å². The zero-order valence-electron chi connectivity index (χ0n) is 10.7. The van der Waals surface area contributed by atoms with E-state index >= 15 is 0 Å². The van der Waals surface area contributed by atoms with Gasteiger partial charge in [-0.3, -0.25) is 0 Å². The van der Waals surface area contributed by atoms with Crippen molar-refractivity contribution in [2.45, 2.75) is 6.92 Å². The van der Waals surface area contributed by atoms with Gasteiger partial charge in [-0.1, -0.05) is 12.1 Å². The minimum atomic E-state index is -0.363. The summed E-state index contributed by atoms with van der Waals surface area (Å²) in [5.41, 5.74) is 7.81. The van der Waals surface area contributed by atoms with Crippen LogP contribution in [-0.4, -0.2) is 29.0 Å². The lowest BCUT2D eigenvalue weighted by Gasteiger charge is -1.99. The average molecular weight is 258 g/mol. The van der Waals surface area contributed by atoms with Gasteiger partial charge >= 0.3 is 5.97 Å². The van der Waals surface area contributed by atoms with Gasteiger partial charge in [-0.05, 0) is 24.6 Å². The third-order valence-corrected chi connectivity index (χ3v) is 2.50. The van der Waals surface area contributed by atoms with Crippen molar-refractivity contribution in [1.82, 2.24) is 9.66 Å². The maximum atomic E-state index is 11.3. The van der Waals surface area contributed by atoms with Gasteiger partial charge in [-0.2, -0.15) is 5.10 Å². The van der Waals surface area contributed by atoms with Gasteiger partial charge in [-0.15, -0.1) is 0 Å². The fraction of sp³-hybridized carbons (Fsp3) is 0.154. The zero-order chi connectivity index (χ0) is 13.8. The molecule has 0 bridgehead atoms. The molecule has 2 aromatic rings. The lowest BCUT2D eigenvalue weighted by molar-refractivity contribution is 0.0601. The summed E-state index contributed by atoms with van der Waals surface area (Å²) in [6, 6.07) is 6.90. The molecule has 0 atom stereocenters. The number of rotatable bonds is 3. The van der Waals surface area contributed by atoms with Crippen molar-refractivity contribution in [1.29, 1.82) is 0 Å². The van der Waals surface area contributed by atoms with Crippen LogP contribution < -0.4 is 5.73 Å². The fourth-order valence-corrected chi connectivity index (χ4v) is 1.55. The third-order valence-electron chi connectivity index (χ3n) is 2.50. The van der Waals surface area contributed by atoms with Crippen LogP contribution in [0.4, 0.5) is 5.95 Å². The van der Waals surface area contributed by atoms with Crippen LogP contribution in [0.25, 0.3) is 0 Å². The van der Waals surface area contributed by atoms with Gasteiger partial charge in [-0.25, -0.2) is 14.5 Å². The predicted molar refractivity (Wildman–Crippen MR) is 72.1 cm³/mol. The van der Waals surface area contributed by atoms with Crippen molar-refractivity contribution in [3.05, 3.63) is 47.3 Å². The van der Waals surface area contributed by atoms with Crippen LogP contribution in [0.3, 0.4) is 0 Å². The minimum Gasteiger partial charge on any atom is -0.465 e. The largest absolute Gasteiger partial charge is 0.465 e. The van der Waals surface area contributed by atoms with Gasteiger partial charge in [0.05, 0.1) is 30.8 Å². The Morgan fingerprint density at radius 2 is 2.11 bits per heavy atom. The van der Waals surface area contributed by atoms with Crippen LogP contribution in [0.1, 0.15) is 21.6 Å². The van der Waals surface area contributed by atoms with Gasteiger partial charge in [0.25, 0.3) is 0 Å². The number of aromatic nitrogens is 2. The summed E-state index contributed by atoms with van der Waals surface area (Å²) in [7, 11) is 1.35. The lowest BCUT2D eigenvalue weighted by atomic mass is 10.1. The zero-order valence-corrected chi connectivity index (χ0v) is 10.7. The molecule has 6 heteroatoms. The molecule has 0 unspecified atom stereocenters. The first-order valence-corrected chi connectivity index (χ1v) is 5.64. The Bertz CT molecular complexity index is 614. The molecule has 2 rings (SSSR count). The molecule has 0 saturated carbocycles. The Morgan fingerprint density at radius 3 is 2.63 bits per heavy atom. The van der Waals surface area contributed by atoms with Crippen LogP contribution >= 0.6 is 0 Å². The van der Waals surface area contributed by atoms with Crippen LogP contribution in [0.2, 0.25) is 0 Å². The monoisotopic (exact) mass is 258 g/mol. The number of hydrogen-bond donors (Lipinski definition) is 1. The van der Waals surface area contributed by atoms with Crippen molar-refractivity contribution in [3.63, 3.8) is 0 Å². The number of anilines is 1. The molecule has 2 N–H and O–H groups in total. The number of nitrogens with two attached hydrogens (primary N) is 1. The molecule has 0 fully saturated rings. The van der Waals surface area contributed by atoms with E-state index < -0.39 is 0 Å². The van der Waals surface area contributed by atoms with E-state index in [4.69, 9.17) is 5.73 Å². The molecule has 1 aromatic heterocycles. The molecule has 19 heavy (non-hydrogen) atoms. The van der Waals surface area contributed by atoms with Gasteiger partial charge in [0.2, 0.25) is 5.95 Å². The summed E-state index contributed by atoms with van der Waals surface area (Å²) in [5.74, 6) is -0.0297. The van der Waals surface area contributed by atoms with E-state index in [1.165, 1.54) is 11.8 Å². The number of methoxy groups -OCH3 is 1. The molecule has 0 amide bonds. The molecule has 0 spiro atoms. The number of carbonyl (C=O) groups is 1. The topological polar surface area (TPSA) is 82.5 Å². The lowest BCUT2D eigenvalue weighted by Crippen LogP contribution is -2.01. The summed E-state index contributed by atoms with van der Waals surface area (Å²) in [6.07, 6.45) is 3.37. The molecule has 0 radical (unpaired) electrons. The molecular weight excluding hydrogens is 244 g/mol. The highest BCUT2D eigenvalue weighted by Crippen LogP contribution is 2.06. The molecule has 0 aliphatic heterocycles. The molecule has 1 heterocycles. The Labute approximate surface area is 110 Å². The van der Waals surface area contributed by atoms with Crippen molar-refractivity contribution in [2.75, 3.05) is 12.8 Å².